The van der Waals surface area contributed by atoms with E-state index in [-0.39, 0.29) is 29.1 Å². The van der Waals surface area contributed by atoms with Crippen molar-refractivity contribution in [1.82, 2.24) is 25.7 Å². The van der Waals surface area contributed by atoms with Gasteiger partial charge in [0.25, 0.3) is 5.56 Å². The molecule has 2 aliphatic rings. The Labute approximate surface area is 193 Å². The first kappa shape index (κ1) is 24.3. The number of rotatable bonds is 8. The van der Waals surface area contributed by atoms with E-state index in [1.54, 1.807) is 0 Å². The maximum atomic E-state index is 12.4. The molecule has 10 nitrogen and oxygen atoms in total. The van der Waals surface area contributed by atoms with Crippen LogP contribution in [0.25, 0.3) is 0 Å². The van der Waals surface area contributed by atoms with Crippen molar-refractivity contribution in [2.45, 2.75) is 64.1 Å². The number of ether oxygens (including phenoxy) is 1. The summed E-state index contributed by atoms with van der Waals surface area (Å²) in [6.45, 7) is 7.32. The molecule has 2 amide bonds. The molecule has 3 N–H and O–H groups in total. The van der Waals surface area contributed by atoms with E-state index < -0.39 is 11.7 Å². The van der Waals surface area contributed by atoms with Gasteiger partial charge in [-0.05, 0) is 38.8 Å². The number of halogens is 1. The summed E-state index contributed by atoms with van der Waals surface area (Å²) >= 11 is 6.06. The van der Waals surface area contributed by atoms with Crippen LogP contribution in [-0.2, 0) is 9.53 Å². The second-order valence-corrected chi connectivity index (χ2v) is 8.76. The summed E-state index contributed by atoms with van der Waals surface area (Å²) in [5, 5.41) is 12.2. The van der Waals surface area contributed by atoms with Crippen LogP contribution in [0.4, 0.5) is 10.5 Å². The Morgan fingerprint density at radius 1 is 1.19 bits per heavy atom. The molecule has 1 saturated carbocycles. The summed E-state index contributed by atoms with van der Waals surface area (Å²) in [5.41, 5.74) is 0.106. The highest BCUT2D eigenvalue weighted by Crippen LogP contribution is 2.26. The summed E-state index contributed by atoms with van der Waals surface area (Å²) < 4.78 is 5.58. The number of carbonyl (C=O) groups excluding carboxylic acids is 2. The number of H-pyrrole nitrogens is 1. The van der Waals surface area contributed by atoms with Crippen LogP contribution >= 0.6 is 11.6 Å². The summed E-state index contributed by atoms with van der Waals surface area (Å²) in [6.07, 6.45) is 4.72. The van der Waals surface area contributed by atoms with Crippen molar-refractivity contribution in [1.29, 1.82) is 0 Å². The van der Waals surface area contributed by atoms with Crippen LogP contribution in [-0.4, -0.2) is 78.0 Å². The average Bonchev–Trinajstić information content (AvgIpc) is 3.23. The predicted molar refractivity (Wildman–Crippen MR) is 122 cm³/mol. The number of anilines is 1. The SMILES string of the molecule is CCN(CC)CC(=O)N[C@H]1CC[C@H](NC(=O)O[C@@H]2CCN(c3cn[nH]c(=O)c3Cl)C2)CC1. The van der Waals surface area contributed by atoms with Crippen LogP contribution in [0.1, 0.15) is 46.0 Å². The quantitative estimate of drug-likeness (QED) is 0.528. The normalized spacial score (nSPS) is 23.2. The first-order chi connectivity index (χ1) is 15.4. The van der Waals surface area contributed by atoms with Gasteiger partial charge in [0.2, 0.25) is 5.91 Å². The number of aromatic nitrogens is 2. The maximum Gasteiger partial charge on any atom is 0.407 e. The standard InChI is InChI=1S/C21H33ClN6O4/c1-3-27(4-2)13-18(29)24-14-5-7-15(8-6-14)25-21(31)32-16-9-10-28(12-16)17-11-23-26-20(30)19(17)22/h11,14-16H,3-10,12-13H2,1-2H3,(H,24,29)(H,25,31)(H,26,30)/t14-,15-,16-/m1/s1. The zero-order chi connectivity index (χ0) is 23.1. The van der Waals surface area contributed by atoms with Crippen molar-refractivity contribution in [2.75, 3.05) is 37.6 Å². The Morgan fingerprint density at radius 2 is 1.84 bits per heavy atom. The van der Waals surface area contributed by atoms with Gasteiger partial charge in [-0.1, -0.05) is 25.4 Å². The molecule has 1 aliphatic heterocycles. The fourth-order valence-electron chi connectivity index (χ4n) is 4.30. The molecule has 2 fully saturated rings. The minimum Gasteiger partial charge on any atom is -0.444 e. The monoisotopic (exact) mass is 468 g/mol. The fraction of sp³-hybridized carbons (Fsp3) is 0.714. The summed E-state index contributed by atoms with van der Waals surface area (Å²) in [5.74, 6) is 0.0611. The molecular weight excluding hydrogens is 436 g/mol. The third-order valence-electron chi connectivity index (χ3n) is 6.21. The molecule has 0 spiro atoms. The number of likely N-dealkylation sites (N-methyl/N-ethyl adjacent to an activating group) is 1. The number of alkyl carbamates (subject to hydrolysis) is 1. The van der Waals surface area contributed by atoms with Crippen LogP contribution in [0.3, 0.4) is 0 Å². The van der Waals surface area contributed by atoms with Gasteiger partial charge in [0.15, 0.2) is 0 Å². The van der Waals surface area contributed by atoms with E-state index >= 15 is 0 Å². The van der Waals surface area contributed by atoms with Crippen molar-refractivity contribution in [3.05, 3.63) is 21.6 Å². The number of hydrogen-bond acceptors (Lipinski definition) is 7. The predicted octanol–water partition coefficient (Wildman–Crippen LogP) is 1.50. The molecule has 178 valence electrons. The Morgan fingerprint density at radius 3 is 2.50 bits per heavy atom. The van der Waals surface area contributed by atoms with Gasteiger partial charge >= 0.3 is 6.09 Å². The summed E-state index contributed by atoms with van der Waals surface area (Å²) in [4.78, 5) is 40.2. The lowest BCUT2D eigenvalue weighted by molar-refractivity contribution is -0.123. The van der Waals surface area contributed by atoms with E-state index in [2.05, 4.69) is 25.7 Å². The Kier molecular flexibility index (Phi) is 8.75. The molecule has 2 heterocycles. The van der Waals surface area contributed by atoms with E-state index in [1.807, 2.05) is 18.7 Å². The van der Waals surface area contributed by atoms with E-state index in [4.69, 9.17) is 16.3 Å². The van der Waals surface area contributed by atoms with Crippen molar-refractivity contribution in [3.63, 3.8) is 0 Å². The number of carbonyl (C=O) groups is 2. The zero-order valence-corrected chi connectivity index (χ0v) is 19.5. The van der Waals surface area contributed by atoms with Gasteiger partial charge in [0.05, 0.1) is 25.0 Å². The van der Waals surface area contributed by atoms with Gasteiger partial charge in [0.1, 0.15) is 11.1 Å². The van der Waals surface area contributed by atoms with Crippen molar-refractivity contribution in [3.8, 4) is 0 Å². The molecule has 0 radical (unpaired) electrons. The zero-order valence-electron chi connectivity index (χ0n) is 18.7. The van der Waals surface area contributed by atoms with E-state index in [1.165, 1.54) is 6.20 Å². The average molecular weight is 469 g/mol. The smallest absolute Gasteiger partial charge is 0.407 e. The number of nitrogens with one attached hydrogen (secondary N) is 3. The van der Waals surface area contributed by atoms with Gasteiger partial charge in [-0.15, -0.1) is 0 Å². The summed E-state index contributed by atoms with van der Waals surface area (Å²) in [7, 11) is 0. The lowest BCUT2D eigenvalue weighted by atomic mass is 9.91. The molecule has 0 aromatic carbocycles. The van der Waals surface area contributed by atoms with Crippen LogP contribution in [0.15, 0.2) is 11.0 Å². The molecule has 0 bridgehead atoms. The van der Waals surface area contributed by atoms with Crippen molar-refractivity contribution >= 4 is 29.3 Å². The molecule has 1 aromatic heterocycles. The third-order valence-corrected chi connectivity index (χ3v) is 6.58. The first-order valence-corrected chi connectivity index (χ1v) is 11.7. The largest absolute Gasteiger partial charge is 0.444 e. The third kappa shape index (κ3) is 6.59. The second kappa shape index (κ2) is 11.5. The molecule has 1 saturated heterocycles. The van der Waals surface area contributed by atoms with Crippen LogP contribution in [0.2, 0.25) is 5.02 Å². The summed E-state index contributed by atoms with van der Waals surface area (Å²) in [6, 6.07) is 0.199. The highest BCUT2D eigenvalue weighted by Gasteiger charge is 2.29. The van der Waals surface area contributed by atoms with Gasteiger partial charge in [-0.25, -0.2) is 9.89 Å². The van der Waals surface area contributed by atoms with Gasteiger partial charge in [-0.3, -0.25) is 14.5 Å². The highest BCUT2D eigenvalue weighted by molar-refractivity contribution is 6.33. The van der Waals surface area contributed by atoms with Crippen LogP contribution in [0.5, 0.6) is 0 Å². The van der Waals surface area contributed by atoms with Gasteiger partial charge < -0.3 is 20.3 Å². The van der Waals surface area contributed by atoms with Crippen molar-refractivity contribution in [2.24, 2.45) is 0 Å². The topological polar surface area (TPSA) is 120 Å². The van der Waals surface area contributed by atoms with E-state index in [9.17, 15) is 14.4 Å². The lowest BCUT2D eigenvalue weighted by Gasteiger charge is -2.30. The van der Waals surface area contributed by atoms with Crippen molar-refractivity contribution < 1.29 is 14.3 Å². The molecule has 1 aromatic rings. The molecular formula is C21H33ClN6O4. The van der Waals surface area contributed by atoms with E-state index in [0.29, 0.717) is 31.7 Å². The number of amides is 2. The minimum atomic E-state index is -0.439. The highest BCUT2D eigenvalue weighted by atomic mass is 35.5. The minimum absolute atomic E-state index is 0.0438. The Bertz CT molecular complexity index is 838. The van der Waals surface area contributed by atoms with Gasteiger partial charge in [-0.2, -0.15) is 5.10 Å². The number of nitrogens with zero attached hydrogens (tertiary/aromatic N) is 3. The molecule has 0 unspecified atom stereocenters. The Balaban J connectivity index is 1.37. The molecule has 32 heavy (non-hydrogen) atoms. The van der Waals surface area contributed by atoms with Crippen LogP contribution < -0.4 is 21.1 Å². The number of aromatic amines is 1. The Hall–Kier alpha value is -2.33. The molecule has 1 atom stereocenters. The maximum absolute atomic E-state index is 12.4. The lowest BCUT2D eigenvalue weighted by Crippen LogP contribution is -2.46. The van der Waals surface area contributed by atoms with Crippen LogP contribution in [0, 0.1) is 0 Å². The first-order valence-electron chi connectivity index (χ1n) is 11.4. The molecule has 3 rings (SSSR count). The molecule has 1 aliphatic carbocycles. The number of hydrogen-bond donors (Lipinski definition) is 3. The molecule has 11 heteroatoms. The van der Waals surface area contributed by atoms with E-state index in [0.717, 1.165) is 38.8 Å². The fourth-order valence-corrected chi connectivity index (χ4v) is 4.51. The second-order valence-electron chi connectivity index (χ2n) is 8.38. The van der Waals surface area contributed by atoms with Gasteiger partial charge in [0, 0.05) is 25.0 Å².